The van der Waals surface area contributed by atoms with Crippen molar-refractivity contribution in [3.63, 3.8) is 0 Å². The molecule has 0 spiro atoms. The summed E-state index contributed by atoms with van der Waals surface area (Å²) in [7, 11) is 1.57. The van der Waals surface area contributed by atoms with Gasteiger partial charge in [0, 0.05) is 36.2 Å². The van der Waals surface area contributed by atoms with Crippen molar-refractivity contribution in [1.82, 2.24) is 34.1 Å². The molecule has 2 N–H and O–H groups in total. The maximum absolute atomic E-state index is 10.7. The molecule has 3 heterocycles. The second-order valence-corrected chi connectivity index (χ2v) is 8.62. The Hall–Kier alpha value is -3.46. The van der Waals surface area contributed by atoms with Gasteiger partial charge in [-0.3, -0.25) is 9.31 Å². The monoisotopic (exact) mass is 442 g/mol. The first-order chi connectivity index (χ1) is 14.6. The summed E-state index contributed by atoms with van der Waals surface area (Å²) in [6, 6.07) is 3.79. The molecule has 14 heteroatoms. The van der Waals surface area contributed by atoms with Crippen LogP contribution < -0.4 is 4.72 Å². The van der Waals surface area contributed by atoms with Gasteiger partial charge in [-0.2, -0.15) is 20.1 Å². The number of H-pyrrole nitrogens is 1. The van der Waals surface area contributed by atoms with Crippen LogP contribution in [0.5, 0.6) is 0 Å². The summed E-state index contributed by atoms with van der Waals surface area (Å²) < 4.78 is 26.7. The van der Waals surface area contributed by atoms with E-state index in [2.05, 4.69) is 35.1 Å². The van der Waals surface area contributed by atoms with E-state index in [9.17, 15) is 14.0 Å². The topological polar surface area (TPSA) is 188 Å². The lowest BCUT2D eigenvalue weighted by molar-refractivity contribution is 0.516. The molecule has 0 aliphatic heterocycles. The van der Waals surface area contributed by atoms with E-state index in [1.54, 1.807) is 14.0 Å². The maximum Gasteiger partial charge on any atom is 0.251 e. The summed E-state index contributed by atoms with van der Waals surface area (Å²) in [6.45, 7) is 7.89. The fourth-order valence-corrected chi connectivity index (χ4v) is 3.20. The minimum atomic E-state index is -2.37. The summed E-state index contributed by atoms with van der Waals surface area (Å²) in [5, 5.41) is 34.4. The number of azo groups is 1. The number of rotatable bonds is 6. The average molecular weight is 442 g/mol. The Bertz CT molecular complexity index is 1260. The number of nitrogens with zero attached hydrogens (tertiary/aromatic N) is 9. The molecular weight excluding hydrogens is 422 g/mol. The van der Waals surface area contributed by atoms with Gasteiger partial charge in [0.25, 0.3) is 5.95 Å². The van der Waals surface area contributed by atoms with E-state index in [0.29, 0.717) is 17.2 Å². The maximum atomic E-state index is 10.7. The molecule has 0 bridgehead atoms. The van der Waals surface area contributed by atoms with Gasteiger partial charge in [0.1, 0.15) is 12.1 Å². The molecule has 3 aromatic rings. The third-order valence-corrected chi connectivity index (χ3v) is 4.91. The molecule has 0 aliphatic rings. The van der Waals surface area contributed by atoms with Crippen molar-refractivity contribution >= 4 is 28.5 Å². The molecule has 162 valence electrons. The number of nitrogens with one attached hydrogen (secondary N) is 2. The molecule has 0 saturated carbocycles. The second kappa shape index (κ2) is 8.35. The van der Waals surface area contributed by atoms with E-state index < -0.39 is 11.3 Å². The summed E-state index contributed by atoms with van der Waals surface area (Å²) in [6.07, 6.45) is 0. The zero-order chi connectivity index (χ0) is 22.9. The molecule has 3 rings (SSSR count). The Labute approximate surface area is 180 Å². The summed E-state index contributed by atoms with van der Waals surface area (Å²) in [4.78, 5) is 8.55. The Kier molecular flexibility index (Phi) is 5.99. The van der Waals surface area contributed by atoms with E-state index in [4.69, 9.17) is 5.26 Å². The molecule has 31 heavy (non-hydrogen) atoms. The Balaban J connectivity index is 2.06. The molecule has 0 saturated heterocycles. The van der Waals surface area contributed by atoms with Crippen molar-refractivity contribution in [1.29, 1.82) is 10.5 Å². The van der Waals surface area contributed by atoms with Gasteiger partial charge in [-0.15, -0.1) is 15.3 Å². The average Bonchev–Trinajstić information content (AvgIpc) is 3.34. The van der Waals surface area contributed by atoms with E-state index in [-0.39, 0.29) is 35.2 Å². The van der Waals surface area contributed by atoms with E-state index in [1.165, 1.54) is 9.20 Å². The molecule has 2 unspecified atom stereocenters. The number of nitriles is 2. The minimum Gasteiger partial charge on any atom is -0.760 e. The highest BCUT2D eigenvalue weighted by Crippen LogP contribution is 2.35. The van der Waals surface area contributed by atoms with Crippen molar-refractivity contribution in [3.8, 4) is 12.1 Å². The molecule has 13 nitrogen and oxygen atoms in total. The first-order valence-electron chi connectivity index (χ1n) is 9.17. The molecule has 2 atom stereocenters. The Morgan fingerprint density at radius 3 is 2.55 bits per heavy atom. The number of hydrogen-bond donors (Lipinski definition) is 2. The third kappa shape index (κ3) is 4.36. The number of aromatic nitrogens is 6. The van der Waals surface area contributed by atoms with Crippen LogP contribution in [0.4, 0.5) is 11.6 Å². The Morgan fingerprint density at radius 2 is 2.00 bits per heavy atom. The van der Waals surface area contributed by atoms with Crippen LogP contribution in [0.2, 0.25) is 0 Å². The second-order valence-electron chi connectivity index (χ2n) is 7.87. The van der Waals surface area contributed by atoms with Gasteiger partial charge in [-0.25, -0.2) is 9.71 Å². The minimum absolute atomic E-state index is 0.0314. The molecule has 0 radical (unpaired) electrons. The number of hydrogen-bond acceptors (Lipinski definition) is 9. The van der Waals surface area contributed by atoms with Crippen LogP contribution in [0.1, 0.15) is 56.5 Å². The van der Waals surface area contributed by atoms with Gasteiger partial charge < -0.3 is 9.12 Å². The van der Waals surface area contributed by atoms with Crippen molar-refractivity contribution in [2.75, 3.05) is 6.54 Å². The third-order valence-electron chi connectivity index (χ3n) is 4.51. The van der Waals surface area contributed by atoms with E-state index in [1.807, 2.05) is 32.9 Å². The molecule has 0 aliphatic carbocycles. The van der Waals surface area contributed by atoms with Crippen molar-refractivity contribution < 1.29 is 8.76 Å². The molecule has 0 amide bonds. The van der Waals surface area contributed by atoms with E-state index in [0.717, 1.165) is 5.69 Å². The summed E-state index contributed by atoms with van der Waals surface area (Å²) in [5.74, 6) is 0.249. The van der Waals surface area contributed by atoms with Crippen LogP contribution in [-0.2, 0) is 23.7 Å². The normalized spacial score (nSPS) is 14.1. The standard InChI is InChI=1S/C17H21N11O2S/c1-9(8-20-31(29)30)14-22-15-12(13(17(2,3)4)25-28(15)26-14)23-24-16-21-10(6-18)11(7-19)27(16)5/h9,20,25H,8H2,1-5H3,(H,29,30)/p-1. The Morgan fingerprint density at radius 1 is 1.29 bits per heavy atom. The number of imidazole rings is 1. The lowest BCUT2D eigenvalue weighted by Crippen LogP contribution is -2.22. The van der Waals surface area contributed by atoms with Gasteiger partial charge in [0.05, 0.1) is 5.69 Å². The zero-order valence-electron chi connectivity index (χ0n) is 17.5. The predicted molar refractivity (Wildman–Crippen MR) is 108 cm³/mol. The van der Waals surface area contributed by atoms with Crippen LogP contribution in [0, 0.1) is 22.7 Å². The van der Waals surface area contributed by atoms with Gasteiger partial charge in [-0.1, -0.05) is 27.7 Å². The fourth-order valence-electron chi connectivity index (χ4n) is 2.82. The van der Waals surface area contributed by atoms with Crippen LogP contribution in [0.3, 0.4) is 0 Å². The van der Waals surface area contributed by atoms with Crippen LogP contribution in [-0.4, -0.2) is 44.7 Å². The molecule has 0 fully saturated rings. The predicted octanol–water partition coefficient (Wildman–Crippen LogP) is 1.73. The molecule has 0 aromatic carbocycles. The first kappa shape index (κ1) is 22.2. The molecular formula is C17H20N11O2S-. The van der Waals surface area contributed by atoms with Crippen LogP contribution in [0.25, 0.3) is 5.65 Å². The number of aromatic amines is 1. The smallest absolute Gasteiger partial charge is 0.251 e. The zero-order valence-corrected chi connectivity index (χ0v) is 18.4. The lowest BCUT2D eigenvalue weighted by atomic mass is 9.91. The lowest BCUT2D eigenvalue weighted by Gasteiger charge is -2.16. The van der Waals surface area contributed by atoms with Crippen molar-refractivity contribution in [2.24, 2.45) is 17.3 Å². The van der Waals surface area contributed by atoms with Crippen LogP contribution in [0.15, 0.2) is 10.2 Å². The SMILES string of the molecule is CC(CNS(=O)[O-])c1nc2c(N=Nc3nc(C#N)c(C#N)n3C)c(C(C)(C)C)[nH]n2n1. The van der Waals surface area contributed by atoms with Gasteiger partial charge in [0.15, 0.2) is 22.9 Å². The summed E-state index contributed by atoms with van der Waals surface area (Å²) >= 11 is -2.37. The van der Waals surface area contributed by atoms with Gasteiger partial charge in [0.2, 0.25) is 5.65 Å². The van der Waals surface area contributed by atoms with Crippen molar-refractivity contribution in [2.45, 2.75) is 39.0 Å². The van der Waals surface area contributed by atoms with Crippen molar-refractivity contribution in [3.05, 3.63) is 22.9 Å². The highest BCUT2D eigenvalue weighted by atomic mass is 32.2. The first-order valence-corrected chi connectivity index (χ1v) is 10.2. The largest absolute Gasteiger partial charge is 0.760 e. The van der Waals surface area contributed by atoms with Crippen LogP contribution >= 0.6 is 0 Å². The molecule has 3 aromatic heterocycles. The van der Waals surface area contributed by atoms with Gasteiger partial charge >= 0.3 is 0 Å². The summed E-state index contributed by atoms with van der Waals surface area (Å²) in [5.41, 5.74) is 1.28. The van der Waals surface area contributed by atoms with Gasteiger partial charge in [-0.05, 0) is 0 Å². The quantitative estimate of drug-likeness (QED) is 0.429. The fraction of sp³-hybridized carbons (Fsp3) is 0.471. The highest BCUT2D eigenvalue weighted by molar-refractivity contribution is 7.77. The highest BCUT2D eigenvalue weighted by Gasteiger charge is 2.26. The van der Waals surface area contributed by atoms with E-state index >= 15 is 0 Å². The number of fused-ring (bicyclic) bond motifs is 1.